The van der Waals surface area contributed by atoms with Gasteiger partial charge in [-0.05, 0) is 37.0 Å². The van der Waals surface area contributed by atoms with E-state index < -0.39 is 0 Å². The zero-order valence-corrected chi connectivity index (χ0v) is 10.8. The predicted molar refractivity (Wildman–Crippen MR) is 66.0 cm³/mol. The van der Waals surface area contributed by atoms with Crippen LogP contribution in [0.25, 0.3) is 0 Å². The van der Waals surface area contributed by atoms with Crippen molar-refractivity contribution in [1.29, 1.82) is 0 Å². The van der Waals surface area contributed by atoms with E-state index in [1.807, 2.05) is 0 Å². The molecule has 0 atom stereocenters. The van der Waals surface area contributed by atoms with Crippen LogP contribution in [0.5, 0.6) is 0 Å². The van der Waals surface area contributed by atoms with Gasteiger partial charge in [0.25, 0.3) is 0 Å². The summed E-state index contributed by atoms with van der Waals surface area (Å²) in [5.74, 6) is 1.05. The molecule has 88 valence electrons. The second-order valence-electron chi connectivity index (χ2n) is 6.87. The first kappa shape index (κ1) is 11.4. The van der Waals surface area contributed by atoms with E-state index >= 15 is 0 Å². The Morgan fingerprint density at radius 3 is 2.07 bits per heavy atom. The molecule has 0 saturated heterocycles. The van der Waals surface area contributed by atoms with Crippen molar-refractivity contribution in [3.8, 4) is 0 Å². The van der Waals surface area contributed by atoms with Crippen LogP contribution in [0.15, 0.2) is 0 Å². The number of nitrogens with zero attached hydrogens (tertiary/aromatic N) is 1. The molecule has 0 unspecified atom stereocenters. The number of rotatable bonds is 4. The lowest BCUT2D eigenvalue weighted by atomic mass is 9.94. The summed E-state index contributed by atoms with van der Waals surface area (Å²) < 4.78 is 0. The molecule has 0 aliphatic heterocycles. The molecular formula is C14H27N. The van der Waals surface area contributed by atoms with Crippen LogP contribution in [0.2, 0.25) is 0 Å². The largest absolute Gasteiger partial charge is 0.300 e. The molecule has 1 heteroatoms. The van der Waals surface area contributed by atoms with Crippen molar-refractivity contribution in [2.24, 2.45) is 11.3 Å². The third-order valence-electron chi connectivity index (χ3n) is 3.71. The molecular weight excluding hydrogens is 182 g/mol. The Hall–Kier alpha value is -0.0400. The van der Waals surface area contributed by atoms with Crippen molar-refractivity contribution in [3.05, 3.63) is 0 Å². The van der Waals surface area contributed by atoms with Gasteiger partial charge in [0.15, 0.2) is 0 Å². The number of hydrogen-bond acceptors (Lipinski definition) is 1. The van der Waals surface area contributed by atoms with Crippen molar-refractivity contribution >= 4 is 0 Å². The SMILES string of the molecule is CC(C)(C)CN(CC1CC1)C1CCCC1. The molecule has 2 aliphatic carbocycles. The van der Waals surface area contributed by atoms with Gasteiger partial charge in [0.1, 0.15) is 0 Å². The van der Waals surface area contributed by atoms with Gasteiger partial charge in [-0.2, -0.15) is 0 Å². The van der Waals surface area contributed by atoms with Gasteiger partial charge >= 0.3 is 0 Å². The van der Waals surface area contributed by atoms with Crippen LogP contribution in [0.3, 0.4) is 0 Å². The Morgan fingerprint density at radius 1 is 1.00 bits per heavy atom. The fourth-order valence-electron chi connectivity index (χ4n) is 2.85. The first-order valence-corrected chi connectivity index (χ1v) is 6.79. The van der Waals surface area contributed by atoms with E-state index in [1.165, 1.54) is 51.6 Å². The lowest BCUT2D eigenvalue weighted by Crippen LogP contribution is -2.40. The van der Waals surface area contributed by atoms with E-state index in [-0.39, 0.29) is 0 Å². The van der Waals surface area contributed by atoms with Gasteiger partial charge < -0.3 is 0 Å². The van der Waals surface area contributed by atoms with Crippen molar-refractivity contribution < 1.29 is 0 Å². The highest BCUT2D eigenvalue weighted by Crippen LogP contribution is 2.34. The first-order chi connectivity index (χ1) is 7.04. The first-order valence-electron chi connectivity index (χ1n) is 6.79. The maximum Gasteiger partial charge on any atom is 0.00956 e. The fraction of sp³-hybridized carbons (Fsp3) is 1.00. The van der Waals surface area contributed by atoms with Crippen LogP contribution in [-0.2, 0) is 0 Å². The average molecular weight is 209 g/mol. The van der Waals surface area contributed by atoms with Gasteiger partial charge in [-0.15, -0.1) is 0 Å². The molecule has 0 amide bonds. The minimum Gasteiger partial charge on any atom is -0.300 e. The fourth-order valence-corrected chi connectivity index (χ4v) is 2.85. The molecule has 0 heterocycles. The zero-order chi connectivity index (χ0) is 10.9. The standard InChI is InChI=1S/C14H27N/c1-14(2,3)11-15(10-12-8-9-12)13-6-4-5-7-13/h12-13H,4-11H2,1-3H3. The molecule has 1 nitrogen and oxygen atoms in total. The van der Waals surface area contributed by atoms with Gasteiger partial charge in [0, 0.05) is 19.1 Å². The lowest BCUT2D eigenvalue weighted by Gasteiger charge is -2.34. The van der Waals surface area contributed by atoms with E-state index in [0.717, 1.165) is 12.0 Å². The molecule has 0 N–H and O–H groups in total. The second-order valence-corrected chi connectivity index (χ2v) is 6.87. The molecule has 0 bridgehead atoms. The normalized spacial score (nSPS) is 24.0. The minimum absolute atomic E-state index is 0.470. The van der Waals surface area contributed by atoms with Crippen LogP contribution in [0.1, 0.15) is 59.3 Å². The molecule has 0 spiro atoms. The maximum absolute atomic E-state index is 2.81. The average Bonchev–Trinajstić information content (AvgIpc) is 2.78. The number of hydrogen-bond donors (Lipinski definition) is 0. The Balaban J connectivity index is 1.88. The second kappa shape index (κ2) is 4.45. The minimum atomic E-state index is 0.470. The molecule has 0 aromatic rings. The Kier molecular flexibility index (Phi) is 3.39. The van der Waals surface area contributed by atoms with Crippen molar-refractivity contribution in [2.45, 2.75) is 65.3 Å². The molecule has 2 fully saturated rings. The molecule has 0 aromatic carbocycles. The van der Waals surface area contributed by atoms with E-state index in [9.17, 15) is 0 Å². The van der Waals surface area contributed by atoms with Gasteiger partial charge in [0.05, 0.1) is 0 Å². The maximum atomic E-state index is 2.81. The summed E-state index contributed by atoms with van der Waals surface area (Å²) >= 11 is 0. The van der Waals surface area contributed by atoms with E-state index in [1.54, 1.807) is 0 Å². The summed E-state index contributed by atoms with van der Waals surface area (Å²) in [6.45, 7) is 9.82. The highest BCUT2D eigenvalue weighted by Gasteiger charge is 2.31. The van der Waals surface area contributed by atoms with Crippen LogP contribution in [0, 0.1) is 11.3 Å². The molecule has 0 radical (unpaired) electrons. The third kappa shape index (κ3) is 3.79. The van der Waals surface area contributed by atoms with Crippen LogP contribution in [-0.4, -0.2) is 24.0 Å². The Morgan fingerprint density at radius 2 is 1.60 bits per heavy atom. The molecule has 15 heavy (non-hydrogen) atoms. The molecule has 0 aromatic heterocycles. The van der Waals surface area contributed by atoms with E-state index in [0.29, 0.717) is 5.41 Å². The summed E-state index contributed by atoms with van der Waals surface area (Å²) in [4.78, 5) is 2.81. The summed E-state index contributed by atoms with van der Waals surface area (Å²) in [6, 6.07) is 0.921. The highest BCUT2D eigenvalue weighted by molar-refractivity contribution is 4.85. The van der Waals surface area contributed by atoms with Gasteiger partial charge in [0.2, 0.25) is 0 Å². The van der Waals surface area contributed by atoms with Crippen LogP contribution < -0.4 is 0 Å². The van der Waals surface area contributed by atoms with Crippen LogP contribution in [0.4, 0.5) is 0 Å². The zero-order valence-electron chi connectivity index (χ0n) is 10.8. The van der Waals surface area contributed by atoms with Gasteiger partial charge in [-0.1, -0.05) is 33.6 Å². The van der Waals surface area contributed by atoms with Crippen LogP contribution >= 0.6 is 0 Å². The molecule has 2 rings (SSSR count). The Bertz CT molecular complexity index is 194. The predicted octanol–water partition coefficient (Wildman–Crippen LogP) is 3.69. The summed E-state index contributed by atoms with van der Waals surface area (Å²) in [7, 11) is 0. The summed E-state index contributed by atoms with van der Waals surface area (Å²) in [5.41, 5.74) is 0.470. The van der Waals surface area contributed by atoms with E-state index in [2.05, 4.69) is 25.7 Å². The topological polar surface area (TPSA) is 3.24 Å². The van der Waals surface area contributed by atoms with Crippen molar-refractivity contribution in [2.75, 3.05) is 13.1 Å². The van der Waals surface area contributed by atoms with Crippen molar-refractivity contribution in [1.82, 2.24) is 4.90 Å². The molecule has 2 aliphatic rings. The van der Waals surface area contributed by atoms with Gasteiger partial charge in [-0.3, -0.25) is 4.90 Å². The summed E-state index contributed by atoms with van der Waals surface area (Å²) in [6.07, 6.45) is 8.85. The quantitative estimate of drug-likeness (QED) is 0.682. The highest BCUT2D eigenvalue weighted by atomic mass is 15.2. The smallest absolute Gasteiger partial charge is 0.00956 e. The summed E-state index contributed by atoms with van der Waals surface area (Å²) in [5, 5.41) is 0. The lowest BCUT2D eigenvalue weighted by molar-refractivity contribution is 0.133. The van der Waals surface area contributed by atoms with Gasteiger partial charge in [-0.25, -0.2) is 0 Å². The molecule has 2 saturated carbocycles. The monoisotopic (exact) mass is 209 g/mol. The Labute approximate surface area is 95.2 Å². The van der Waals surface area contributed by atoms with E-state index in [4.69, 9.17) is 0 Å². The third-order valence-corrected chi connectivity index (χ3v) is 3.71. The van der Waals surface area contributed by atoms with Crippen molar-refractivity contribution in [3.63, 3.8) is 0 Å².